The highest BCUT2D eigenvalue weighted by atomic mass is 35.5. The summed E-state index contributed by atoms with van der Waals surface area (Å²) < 4.78 is 5.75. The number of halogens is 2. The Kier molecular flexibility index (Phi) is 9.41. The lowest BCUT2D eigenvalue weighted by Gasteiger charge is -2.27. The molecule has 2 N–H and O–H groups in total. The van der Waals surface area contributed by atoms with Gasteiger partial charge in [-0.25, -0.2) is 0 Å². The number of rotatable bonds is 5. The van der Waals surface area contributed by atoms with E-state index >= 15 is 0 Å². The molecule has 0 spiro atoms. The minimum absolute atomic E-state index is 0. The van der Waals surface area contributed by atoms with E-state index in [9.17, 15) is 4.79 Å². The molecule has 1 aliphatic rings. The first kappa shape index (κ1) is 22.2. The van der Waals surface area contributed by atoms with E-state index in [2.05, 4.69) is 22.5 Å². The predicted molar refractivity (Wildman–Crippen MR) is 108 cm³/mol. The van der Waals surface area contributed by atoms with Crippen molar-refractivity contribution in [2.45, 2.75) is 32.4 Å². The number of nitrogens with one attached hydrogen (secondary N) is 2. The van der Waals surface area contributed by atoms with Gasteiger partial charge >= 0.3 is 0 Å². The van der Waals surface area contributed by atoms with Crippen molar-refractivity contribution in [2.75, 3.05) is 11.9 Å². The zero-order valence-electron chi connectivity index (χ0n) is 14.7. The standard InChI is InChI=1S/C19H23N3O2.2ClH/c1-14-11-15(8-10-20-14)19(23)22-16-6-4-7-18(12-16)24-13-17-5-2-3-9-21-17;;/h2-7,9,12,14-15,20H,8,10-11,13H2,1H3,(H,22,23);2*1H/t14-,15-;;/m0../s1. The first-order valence-corrected chi connectivity index (χ1v) is 8.38. The molecule has 2 atom stereocenters. The molecule has 0 bridgehead atoms. The van der Waals surface area contributed by atoms with Gasteiger partial charge in [0.1, 0.15) is 12.4 Å². The number of hydrogen-bond donors (Lipinski definition) is 2. The fraction of sp³-hybridized carbons (Fsp3) is 0.368. The first-order valence-electron chi connectivity index (χ1n) is 8.38. The molecular weight excluding hydrogens is 373 g/mol. The second-order valence-electron chi connectivity index (χ2n) is 6.20. The Labute approximate surface area is 166 Å². The fourth-order valence-corrected chi connectivity index (χ4v) is 2.92. The molecule has 1 saturated heterocycles. The number of ether oxygens (including phenoxy) is 1. The smallest absolute Gasteiger partial charge is 0.227 e. The van der Waals surface area contributed by atoms with Gasteiger partial charge in [0.15, 0.2) is 0 Å². The van der Waals surface area contributed by atoms with E-state index in [1.54, 1.807) is 6.20 Å². The molecule has 1 aromatic carbocycles. The van der Waals surface area contributed by atoms with Crippen LogP contribution in [-0.4, -0.2) is 23.5 Å². The number of carbonyl (C=O) groups is 1. The van der Waals surface area contributed by atoms with Crippen LogP contribution in [0.2, 0.25) is 0 Å². The monoisotopic (exact) mass is 397 g/mol. The van der Waals surface area contributed by atoms with Crippen molar-refractivity contribution in [3.8, 4) is 5.75 Å². The Morgan fingerprint density at radius 3 is 2.85 bits per heavy atom. The van der Waals surface area contributed by atoms with E-state index in [0.29, 0.717) is 12.6 Å². The molecule has 2 aromatic rings. The van der Waals surface area contributed by atoms with Crippen LogP contribution in [0.1, 0.15) is 25.5 Å². The summed E-state index contributed by atoms with van der Waals surface area (Å²) in [4.78, 5) is 16.6. The highest BCUT2D eigenvalue weighted by Crippen LogP contribution is 2.22. The molecule has 1 aliphatic heterocycles. The van der Waals surface area contributed by atoms with Crippen molar-refractivity contribution in [3.63, 3.8) is 0 Å². The van der Waals surface area contributed by atoms with Gasteiger partial charge in [-0.3, -0.25) is 9.78 Å². The van der Waals surface area contributed by atoms with Gasteiger partial charge in [-0.2, -0.15) is 0 Å². The summed E-state index contributed by atoms with van der Waals surface area (Å²) in [6.07, 6.45) is 3.50. The van der Waals surface area contributed by atoms with Gasteiger partial charge < -0.3 is 15.4 Å². The highest BCUT2D eigenvalue weighted by molar-refractivity contribution is 5.92. The molecule has 0 saturated carbocycles. The van der Waals surface area contributed by atoms with Gasteiger partial charge in [0.2, 0.25) is 5.91 Å². The van der Waals surface area contributed by atoms with E-state index in [0.717, 1.165) is 36.5 Å². The molecule has 7 heteroatoms. The Hall–Kier alpha value is -1.82. The highest BCUT2D eigenvalue weighted by Gasteiger charge is 2.24. The predicted octanol–water partition coefficient (Wildman–Crippen LogP) is 3.83. The number of nitrogens with zero attached hydrogens (tertiary/aromatic N) is 1. The summed E-state index contributed by atoms with van der Waals surface area (Å²) in [5.74, 6) is 0.877. The summed E-state index contributed by atoms with van der Waals surface area (Å²) in [5, 5.41) is 6.37. The number of hydrogen-bond acceptors (Lipinski definition) is 4. The minimum Gasteiger partial charge on any atom is -0.487 e. The van der Waals surface area contributed by atoms with Crippen molar-refractivity contribution in [1.29, 1.82) is 0 Å². The van der Waals surface area contributed by atoms with Crippen LogP contribution in [0, 0.1) is 5.92 Å². The van der Waals surface area contributed by atoms with Crippen molar-refractivity contribution in [3.05, 3.63) is 54.4 Å². The third-order valence-electron chi connectivity index (χ3n) is 4.21. The van der Waals surface area contributed by atoms with Gasteiger partial charge in [0.05, 0.1) is 5.69 Å². The molecule has 0 unspecified atom stereocenters. The minimum atomic E-state index is 0. The molecular formula is C19H25Cl2N3O2. The van der Waals surface area contributed by atoms with Gasteiger partial charge in [-0.15, -0.1) is 24.8 Å². The Balaban J connectivity index is 0.00000169. The van der Waals surface area contributed by atoms with Crippen LogP contribution < -0.4 is 15.4 Å². The van der Waals surface area contributed by atoms with Crippen LogP contribution in [0.25, 0.3) is 0 Å². The lowest BCUT2D eigenvalue weighted by Crippen LogP contribution is -2.40. The summed E-state index contributed by atoms with van der Waals surface area (Å²) in [6, 6.07) is 13.6. The molecule has 5 nitrogen and oxygen atoms in total. The van der Waals surface area contributed by atoms with Crippen molar-refractivity contribution in [2.24, 2.45) is 5.92 Å². The Bertz CT molecular complexity index is 685. The van der Waals surface area contributed by atoms with Gasteiger partial charge in [0.25, 0.3) is 0 Å². The van der Waals surface area contributed by atoms with Crippen LogP contribution in [0.4, 0.5) is 5.69 Å². The van der Waals surface area contributed by atoms with Gasteiger partial charge in [0, 0.05) is 29.9 Å². The average Bonchev–Trinajstić information content (AvgIpc) is 2.61. The lowest BCUT2D eigenvalue weighted by atomic mass is 9.92. The summed E-state index contributed by atoms with van der Waals surface area (Å²) >= 11 is 0. The molecule has 1 aromatic heterocycles. The number of amides is 1. The fourth-order valence-electron chi connectivity index (χ4n) is 2.92. The van der Waals surface area contributed by atoms with Crippen molar-refractivity contribution >= 4 is 36.4 Å². The SMILES string of the molecule is C[C@H]1C[C@@H](C(=O)Nc2cccc(OCc3ccccn3)c2)CCN1.Cl.Cl. The number of aromatic nitrogens is 1. The molecule has 2 heterocycles. The molecule has 3 rings (SSSR count). The second-order valence-corrected chi connectivity index (χ2v) is 6.20. The van der Waals surface area contributed by atoms with Gasteiger partial charge in [-0.1, -0.05) is 12.1 Å². The molecule has 26 heavy (non-hydrogen) atoms. The Morgan fingerprint density at radius 1 is 1.27 bits per heavy atom. The average molecular weight is 398 g/mol. The van der Waals surface area contributed by atoms with Crippen LogP contribution in [-0.2, 0) is 11.4 Å². The van der Waals surface area contributed by atoms with Crippen LogP contribution in [0.3, 0.4) is 0 Å². The summed E-state index contributed by atoms with van der Waals surface area (Å²) in [7, 11) is 0. The van der Waals surface area contributed by atoms with Crippen molar-refractivity contribution in [1.82, 2.24) is 10.3 Å². The number of carbonyl (C=O) groups excluding carboxylic acids is 1. The lowest BCUT2D eigenvalue weighted by molar-refractivity contribution is -0.120. The first-order chi connectivity index (χ1) is 11.7. The molecule has 142 valence electrons. The van der Waals surface area contributed by atoms with Crippen LogP contribution >= 0.6 is 24.8 Å². The summed E-state index contributed by atoms with van der Waals surface area (Å²) in [6.45, 7) is 3.42. The van der Waals surface area contributed by atoms with Crippen LogP contribution in [0.15, 0.2) is 48.7 Å². The van der Waals surface area contributed by atoms with E-state index in [1.165, 1.54) is 0 Å². The zero-order chi connectivity index (χ0) is 16.8. The van der Waals surface area contributed by atoms with Crippen LogP contribution in [0.5, 0.6) is 5.75 Å². The molecule has 1 fully saturated rings. The van der Waals surface area contributed by atoms with E-state index in [4.69, 9.17) is 4.74 Å². The van der Waals surface area contributed by atoms with Crippen molar-refractivity contribution < 1.29 is 9.53 Å². The maximum absolute atomic E-state index is 12.4. The normalized spacial score (nSPS) is 18.8. The van der Waals surface area contributed by atoms with E-state index in [1.807, 2.05) is 42.5 Å². The summed E-state index contributed by atoms with van der Waals surface area (Å²) in [5.41, 5.74) is 1.64. The third kappa shape index (κ3) is 6.48. The molecule has 0 radical (unpaired) electrons. The van der Waals surface area contributed by atoms with E-state index in [-0.39, 0.29) is 36.6 Å². The number of benzene rings is 1. The maximum atomic E-state index is 12.4. The molecule has 0 aliphatic carbocycles. The number of anilines is 1. The van der Waals surface area contributed by atoms with Gasteiger partial charge in [-0.05, 0) is 50.6 Å². The maximum Gasteiger partial charge on any atom is 0.227 e. The second kappa shape index (κ2) is 11.0. The Morgan fingerprint density at radius 2 is 2.12 bits per heavy atom. The topological polar surface area (TPSA) is 63.2 Å². The number of piperidine rings is 1. The van der Waals surface area contributed by atoms with E-state index < -0.39 is 0 Å². The quantitative estimate of drug-likeness (QED) is 0.804. The zero-order valence-corrected chi connectivity index (χ0v) is 16.3. The molecule has 1 amide bonds. The largest absolute Gasteiger partial charge is 0.487 e. The number of pyridine rings is 1. The third-order valence-corrected chi connectivity index (χ3v) is 4.21.